The molecule has 2 heterocycles. The van der Waals surface area contributed by atoms with E-state index in [4.69, 9.17) is 8.83 Å². The number of benzene rings is 9. The summed E-state index contributed by atoms with van der Waals surface area (Å²) in [4.78, 5) is 2.34. The van der Waals surface area contributed by atoms with Gasteiger partial charge in [0.2, 0.25) is 0 Å². The van der Waals surface area contributed by atoms with E-state index in [-0.39, 0.29) is 0 Å². The molecule has 0 saturated carbocycles. The van der Waals surface area contributed by atoms with Crippen molar-refractivity contribution in [1.29, 1.82) is 0 Å². The standard InChI is InChI=1S/C50H31NO2/c1-3-12-32(13-4-1)33-22-25-36(26-23-33)51(37-27-28-41-43-21-11-20-39(34-14-5-2-6-15-34)50(43)53-46(41)30-37)44-31-47-49(42-19-10-9-18-40(42)44)48-38-17-8-7-16-35(38)24-29-45(48)52-47/h1-31H. The van der Waals surface area contributed by atoms with Crippen LogP contribution in [0.4, 0.5) is 17.1 Å². The third kappa shape index (κ3) is 4.68. The molecule has 0 radical (unpaired) electrons. The van der Waals surface area contributed by atoms with Crippen LogP contribution in [0.15, 0.2) is 197 Å². The molecule has 3 heteroatoms. The maximum absolute atomic E-state index is 6.77. The molecule has 3 nitrogen and oxygen atoms in total. The molecule has 0 aliphatic rings. The summed E-state index contributed by atoms with van der Waals surface area (Å²) in [6, 6.07) is 66.5. The van der Waals surface area contributed by atoms with Gasteiger partial charge in [0, 0.05) is 56.0 Å². The average molecular weight is 678 g/mol. The van der Waals surface area contributed by atoms with Crippen LogP contribution in [0.2, 0.25) is 0 Å². The molecule has 0 unspecified atom stereocenters. The lowest BCUT2D eigenvalue weighted by atomic mass is 9.98. The van der Waals surface area contributed by atoms with Gasteiger partial charge in [0.25, 0.3) is 0 Å². The van der Waals surface area contributed by atoms with Gasteiger partial charge in [0.1, 0.15) is 22.3 Å². The maximum Gasteiger partial charge on any atom is 0.143 e. The molecule has 0 aliphatic heterocycles. The van der Waals surface area contributed by atoms with Gasteiger partial charge < -0.3 is 13.7 Å². The summed E-state index contributed by atoms with van der Waals surface area (Å²) in [5.74, 6) is 0. The Kier molecular flexibility index (Phi) is 6.55. The van der Waals surface area contributed by atoms with Gasteiger partial charge in [-0.25, -0.2) is 0 Å². The first-order valence-corrected chi connectivity index (χ1v) is 18.0. The largest absolute Gasteiger partial charge is 0.456 e. The van der Waals surface area contributed by atoms with E-state index in [0.717, 1.165) is 82.8 Å². The molecular formula is C50H31NO2. The summed E-state index contributed by atoms with van der Waals surface area (Å²) >= 11 is 0. The van der Waals surface area contributed by atoms with Crippen molar-refractivity contribution in [2.75, 3.05) is 4.90 Å². The fourth-order valence-electron chi connectivity index (χ4n) is 8.20. The predicted octanol–water partition coefficient (Wildman–Crippen LogP) is 14.6. The molecule has 2 aromatic heterocycles. The molecule has 248 valence electrons. The lowest BCUT2D eigenvalue weighted by molar-refractivity contribution is 0.669. The van der Waals surface area contributed by atoms with E-state index in [9.17, 15) is 0 Å². The van der Waals surface area contributed by atoms with Gasteiger partial charge in [-0.05, 0) is 63.2 Å². The van der Waals surface area contributed by atoms with E-state index in [1.807, 2.05) is 6.07 Å². The second-order valence-corrected chi connectivity index (χ2v) is 13.7. The molecule has 0 atom stereocenters. The molecule has 0 amide bonds. The highest BCUT2D eigenvalue weighted by Crippen LogP contribution is 2.47. The molecule has 0 N–H and O–H groups in total. The van der Waals surface area contributed by atoms with Crippen LogP contribution in [0.3, 0.4) is 0 Å². The molecule has 0 aliphatic carbocycles. The number of hydrogen-bond donors (Lipinski definition) is 0. The van der Waals surface area contributed by atoms with Crippen LogP contribution in [0.25, 0.3) is 87.7 Å². The Labute approximate surface area is 305 Å². The summed E-state index contributed by atoms with van der Waals surface area (Å²) in [5, 5.41) is 9.16. The highest BCUT2D eigenvalue weighted by atomic mass is 16.3. The first-order chi connectivity index (χ1) is 26.3. The maximum atomic E-state index is 6.77. The van der Waals surface area contributed by atoms with E-state index in [0.29, 0.717) is 0 Å². The first-order valence-electron chi connectivity index (χ1n) is 18.0. The first kappa shape index (κ1) is 29.6. The van der Waals surface area contributed by atoms with E-state index < -0.39 is 0 Å². The fourth-order valence-corrected chi connectivity index (χ4v) is 8.20. The molecule has 11 rings (SSSR count). The fraction of sp³-hybridized carbons (Fsp3) is 0. The van der Waals surface area contributed by atoms with Crippen molar-refractivity contribution in [3.05, 3.63) is 188 Å². The van der Waals surface area contributed by atoms with Crippen LogP contribution in [0.5, 0.6) is 0 Å². The third-order valence-electron chi connectivity index (χ3n) is 10.6. The lowest BCUT2D eigenvalue weighted by Gasteiger charge is -2.27. The molecule has 11 aromatic rings. The predicted molar refractivity (Wildman–Crippen MR) is 222 cm³/mol. The van der Waals surface area contributed by atoms with Gasteiger partial charge in [-0.2, -0.15) is 0 Å². The molecule has 9 aromatic carbocycles. The number of hydrogen-bond acceptors (Lipinski definition) is 3. The zero-order chi connectivity index (χ0) is 34.9. The van der Waals surface area contributed by atoms with Crippen molar-refractivity contribution in [3.8, 4) is 22.3 Å². The Morgan fingerprint density at radius 2 is 0.981 bits per heavy atom. The highest BCUT2D eigenvalue weighted by Gasteiger charge is 2.22. The minimum Gasteiger partial charge on any atom is -0.456 e. The molecule has 0 spiro atoms. The van der Waals surface area contributed by atoms with E-state index in [1.54, 1.807) is 0 Å². The summed E-state index contributed by atoms with van der Waals surface area (Å²) in [6.45, 7) is 0. The number of nitrogens with zero attached hydrogens (tertiary/aromatic N) is 1. The smallest absolute Gasteiger partial charge is 0.143 e. The van der Waals surface area contributed by atoms with Crippen LogP contribution >= 0.6 is 0 Å². The van der Waals surface area contributed by atoms with Gasteiger partial charge >= 0.3 is 0 Å². The summed E-state index contributed by atoms with van der Waals surface area (Å²) in [5.41, 5.74) is 11.1. The van der Waals surface area contributed by atoms with Gasteiger partial charge in [0.15, 0.2) is 0 Å². The Morgan fingerprint density at radius 3 is 1.79 bits per heavy atom. The topological polar surface area (TPSA) is 29.5 Å². The van der Waals surface area contributed by atoms with Crippen molar-refractivity contribution >= 4 is 82.5 Å². The third-order valence-corrected chi connectivity index (χ3v) is 10.6. The minimum absolute atomic E-state index is 0.840. The second kappa shape index (κ2) is 11.7. The van der Waals surface area contributed by atoms with Gasteiger partial charge in [-0.3, -0.25) is 0 Å². The van der Waals surface area contributed by atoms with Crippen LogP contribution in [-0.2, 0) is 0 Å². The van der Waals surface area contributed by atoms with Gasteiger partial charge in [0.05, 0.1) is 5.69 Å². The Bertz CT molecular complexity index is 3160. The van der Waals surface area contributed by atoms with E-state index in [2.05, 4.69) is 187 Å². The summed E-state index contributed by atoms with van der Waals surface area (Å²) in [7, 11) is 0. The van der Waals surface area contributed by atoms with Crippen LogP contribution in [0, 0.1) is 0 Å². The van der Waals surface area contributed by atoms with Crippen molar-refractivity contribution in [2.24, 2.45) is 0 Å². The Hall–Kier alpha value is -7.10. The number of para-hydroxylation sites is 1. The van der Waals surface area contributed by atoms with Gasteiger partial charge in [-0.15, -0.1) is 0 Å². The SMILES string of the molecule is c1ccc(-c2ccc(N(c3ccc4c(c3)oc3c(-c5ccccc5)cccc34)c3cc4oc5ccc6ccccc6c5c4c4ccccc34)cc2)cc1. The number of fused-ring (bicyclic) bond motifs is 10. The summed E-state index contributed by atoms with van der Waals surface area (Å²) < 4.78 is 13.5. The van der Waals surface area contributed by atoms with Crippen LogP contribution in [0.1, 0.15) is 0 Å². The second-order valence-electron chi connectivity index (χ2n) is 13.7. The Morgan fingerprint density at radius 1 is 0.340 bits per heavy atom. The van der Waals surface area contributed by atoms with Crippen molar-refractivity contribution < 1.29 is 8.83 Å². The molecular weight excluding hydrogens is 647 g/mol. The van der Waals surface area contributed by atoms with Crippen molar-refractivity contribution in [3.63, 3.8) is 0 Å². The normalized spacial score (nSPS) is 11.8. The molecule has 53 heavy (non-hydrogen) atoms. The van der Waals surface area contributed by atoms with Crippen LogP contribution < -0.4 is 4.90 Å². The quantitative estimate of drug-likeness (QED) is 0.182. The average Bonchev–Trinajstić information content (AvgIpc) is 3.80. The number of rotatable bonds is 5. The Balaban J connectivity index is 1.17. The zero-order valence-electron chi connectivity index (χ0n) is 28.7. The lowest BCUT2D eigenvalue weighted by Crippen LogP contribution is -2.10. The van der Waals surface area contributed by atoms with Crippen molar-refractivity contribution in [2.45, 2.75) is 0 Å². The van der Waals surface area contributed by atoms with E-state index in [1.165, 1.54) is 21.9 Å². The van der Waals surface area contributed by atoms with Crippen LogP contribution in [-0.4, -0.2) is 0 Å². The number of anilines is 3. The molecule has 0 bridgehead atoms. The zero-order valence-corrected chi connectivity index (χ0v) is 28.7. The molecule has 0 saturated heterocycles. The van der Waals surface area contributed by atoms with E-state index >= 15 is 0 Å². The molecule has 0 fully saturated rings. The highest BCUT2D eigenvalue weighted by molar-refractivity contribution is 6.28. The minimum atomic E-state index is 0.840. The van der Waals surface area contributed by atoms with Gasteiger partial charge in [-0.1, -0.05) is 146 Å². The monoisotopic (exact) mass is 677 g/mol. The van der Waals surface area contributed by atoms with Crippen molar-refractivity contribution in [1.82, 2.24) is 0 Å². The number of furan rings is 2. The summed E-state index contributed by atoms with van der Waals surface area (Å²) in [6.07, 6.45) is 0.